The molecule has 0 bridgehead atoms. The first-order chi connectivity index (χ1) is 15.3. The molecule has 0 aliphatic carbocycles. The number of aromatic nitrogens is 3. The van der Waals surface area contributed by atoms with Gasteiger partial charge in [0.1, 0.15) is 0 Å². The molecule has 8 heteroatoms. The summed E-state index contributed by atoms with van der Waals surface area (Å²) >= 11 is 1.33. The van der Waals surface area contributed by atoms with Crippen molar-refractivity contribution >= 4 is 29.3 Å². The summed E-state index contributed by atoms with van der Waals surface area (Å²) in [6.45, 7) is 10.9. The lowest BCUT2D eigenvalue weighted by atomic mass is 10.1. The zero-order valence-electron chi connectivity index (χ0n) is 19.2. The van der Waals surface area contributed by atoms with E-state index in [2.05, 4.69) is 33.0 Å². The van der Waals surface area contributed by atoms with E-state index < -0.39 is 0 Å². The molecule has 2 amide bonds. The van der Waals surface area contributed by atoms with Gasteiger partial charge in [0.05, 0.1) is 12.3 Å². The van der Waals surface area contributed by atoms with Gasteiger partial charge in [-0.15, -0.1) is 10.2 Å². The first-order valence-corrected chi connectivity index (χ1v) is 11.5. The molecule has 1 aromatic heterocycles. The van der Waals surface area contributed by atoms with Gasteiger partial charge >= 0.3 is 0 Å². The Morgan fingerprint density at radius 3 is 2.25 bits per heavy atom. The van der Waals surface area contributed by atoms with Crippen molar-refractivity contribution in [3.63, 3.8) is 0 Å². The van der Waals surface area contributed by atoms with Gasteiger partial charge in [0, 0.05) is 17.8 Å². The van der Waals surface area contributed by atoms with Crippen molar-refractivity contribution in [2.75, 3.05) is 11.1 Å². The molecule has 3 rings (SSSR count). The number of carbonyl (C=O) groups is 2. The fourth-order valence-corrected chi connectivity index (χ4v) is 4.34. The molecule has 0 unspecified atom stereocenters. The number of carbonyl (C=O) groups excluding carboxylic acids is 2. The molecular formula is C24H29N5O2S. The minimum atomic E-state index is -0.159. The Bertz CT molecular complexity index is 1100. The van der Waals surface area contributed by atoms with Gasteiger partial charge < -0.3 is 15.2 Å². The smallest absolute Gasteiger partial charge is 0.251 e. The minimum Gasteiger partial charge on any atom is -0.345 e. The molecule has 0 saturated heterocycles. The van der Waals surface area contributed by atoms with Crippen LogP contribution in [0, 0.1) is 27.7 Å². The molecule has 0 radical (unpaired) electrons. The third-order valence-electron chi connectivity index (χ3n) is 5.10. The van der Waals surface area contributed by atoms with Crippen molar-refractivity contribution in [1.82, 2.24) is 20.1 Å². The van der Waals surface area contributed by atoms with Crippen LogP contribution in [0.5, 0.6) is 0 Å². The Kier molecular flexibility index (Phi) is 7.69. The molecule has 0 aliphatic heterocycles. The van der Waals surface area contributed by atoms with Crippen LogP contribution < -0.4 is 10.6 Å². The predicted octanol–water partition coefficient (Wildman–Crippen LogP) is 4.19. The fraction of sp³-hybridized carbons (Fsp3) is 0.333. The number of thioether (sulfide) groups is 1. The van der Waals surface area contributed by atoms with Gasteiger partial charge in [-0.25, -0.2) is 0 Å². The Hall–Kier alpha value is -3.13. The highest BCUT2D eigenvalue weighted by molar-refractivity contribution is 7.99. The van der Waals surface area contributed by atoms with E-state index in [1.165, 1.54) is 17.3 Å². The highest BCUT2D eigenvalue weighted by Crippen LogP contribution is 2.23. The summed E-state index contributed by atoms with van der Waals surface area (Å²) in [7, 11) is 0. The molecule has 0 fully saturated rings. The molecule has 7 nitrogen and oxygen atoms in total. The number of aryl methyl sites for hydroxylation is 4. The molecule has 0 saturated carbocycles. The lowest BCUT2D eigenvalue weighted by Crippen LogP contribution is -2.24. The van der Waals surface area contributed by atoms with Crippen LogP contribution in [0.25, 0.3) is 0 Å². The fourth-order valence-electron chi connectivity index (χ4n) is 3.52. The summed E-state index contributed by atoms with van der Waals surface area (Å²) in [5.41, 5.74) is 5.83. The van der Waals surface area contributed by atoms with Crippen molar-refractivity contribution < 1.29 is 9.59 Å². The largest absolute Gasteiger partial charge is 0.345 e. The van der Waals surface area contributed by atoms with Crippen LogP contribution in [0.1, 0.15) is 45.4 Å². The van der Waals surface area contributed by atoms with Gasteiger partial charge in [-0.3, -0.25) is 9.59 Å². The highest BCUT2D eigenvalue weighted by Gasteiger charge is 2.15. The lowest BCUT2D eigenvalue weighted by molar-refractivity contribution is -0.113. The van der Waals surface area contributed by atoms with Gasteiger partial charge in [0.2, 0.25) is 5.91 Å². The van der Waals surface area contributed by atoms with Crippen LogP contribution in [0.2, 0.25) is 0 Å². The van der Waals surface area contributed by atoms with Gasteiger partial charge in [-0.2, -0.15) is 0 Å². The van der Waals surface area contributed by atoms with E-state index in [4.69, 9.17) is 0 Å². The maximum absolute atomic E-state index is 12.5. The zero-order chi connectivity index (χ0) is 23.3. The average molecular weight is 452 g/mol. The minimum absolute atomic E-state index is 0.0927. The molecule has 3 aromatic rings. The summed E-state index contributed by atoms with van der Waals surface area (Å²) in [5.74, 6) is 0.625. The molecule has 0 aliphatic rings. The summed E-state index contributed by atoms with van der Waals surface area (Å²) in [5, 5.41) is 15.0. The van der Waals surface area contributed by atoms with Gasteiger partial charge in [-0.1, -0.05) is 47.2 Å². The van der Waals surface area contributed by atoms with Crippen LogP contribution in [0.3, 0.4) is 0 Å². The summed E-state index contributed by atoms with van der Waals surface area (Å²) in [6, 6.07) is 11.5. The van der Waals surface area contributed by atoms with E-state index >= 15 is 0 Å². The summed E-state index contributed by atoms with van der Waals surface area (Å²) in [6.07, 6.45) is 0. The average Bonchev–Trinajstić information content (AvgIpc) is 3.15. The number of nitrogens with zero attached hydrogens (tertiary/aromatic N) is 3. The third kappa shape index (κ3) is 5.76. The first kappa shape index (κ1) is 23.5. The quantitative estimate of drug-likeness (QED) is 0.501. The van der Waals surface area contributed by atoms with Crippen molar-refractivity contribution in [3.8, 4) is 0 Å². The Labute approximate surface area is 193 Å². The standard InChI is InChI=1S/C24H29N5O2S/c1-6-29-20(13-25-23(31)19-9-7-15(2)8-10-19)27-28-24(29)32-14-21(30)26-22-17(4)11-16(3)12-18(22)5/h7-12H,6,13-14H2,1-5H3,(H,25,31)(H,26,30). The van der Waals surface area contributed by atoms with E-state index in [0.29, 0.717) is 23.1 Å². The maximum Gasteiger partial charge on any atom is 0.251 e. The molecule has 2 N–H and O–H groups in total. The monoisotopic (exact) mass is 451 g/mol. The van der Waals surface area contributed by atoms with Gasteiger partial charge in [0.25, 0.3) is 5.91 Å². The highest BCUT2D eigenvalue weighted by atomic mass is 32.2. The second kappa shape index (κ2) is 10.5. The van der Waals surface area contributed by atoms with Gasteiger partial charge in [0.15, 0.2) is 11.0 Å². The molecule has 168 valence electrons. The van der Waals surface area contributed by atoms with Crippen molar-refractivity contribution in [2.45, 2.75) is 52.9 Å². The SMILES string of the molecule is CCn1c(CNC(=O)c2ccc(C)cc2)nnc1SCC(=O)Nc1c(C)cc(C)cc1C. The van der Waals surface area contributed by atoms with E-state index in [0.717, 1.165) is 22.4 Å². The Morgan fingerprint density at radius 1 is 0.969 bits per heavy atom. The predicted molar refractivity (Wildman–Crippen MR) is 128 cm³/mol. The Balaban J connectivity index is 1.59. The van der Waals surface area contributed by atoms with Crippen LogP contribution in [0.15, 0.2) is 41.6 Å². The van der Waals surface area contributed by atoms with Crippen LogP contribution in [-0.2, 0) is 17.9 Å². The number of hydrogen-bond acceptors (Lipinski definition) is 5. The lowest BCUT2D eigenvalue weighted by Gasteiger charge is -2.13. The summed E-state index contributed by atoms with van der Waals surface area (Å²) in [4.78, 5) is 24.9. The Morgan fingerprint density at radius 2 is 1.62 bits per heavy atom. The second-order valence-corrected chi connectivity index (χ2v) is 8.74. The maximum atomic E-state index is 12.5. The normalized spacial score (nSPS) is 10.8. The van der Waals surface area contributed by atoms with Crippen molar-refractivity contribution in [1.29, 1.82) is 0 Å². The summed E-state index contributed by atoms with van der Waals surface area (Å²) < 4.78 is 1.91. The molecule has 2 aromatic carbocycles. The third-order valence-corrected chi connectivity index (χ3v) is 6.07. The van der Waals surface area contributed by atoms with E-state index in [1.54, 1.807) is 12.1 Å². The van der Waals surface area contributed by atoms with E-state index in [-0.39, 0.29) is 24.1 Å². The van der Waals surface area contributed by atoms with E-state index in [1.807, 2.05) is 51.3 Å². The first-order valence-electron chi connectivity index (χ1n) is 10.6. The number of benzene rings is 2. The molecule has 1 heterocycles. The molecular weight excluding hydrogens is 422 g/mol. The number of rotatable bonds is 8. The number of hydrogen-bond donors (Lipinski definition) is 2. The van der Waals surface area contributed by atoms with E-state index in [9.17, 15) is 9.59 Å². The van der Waals surface area contributed by atoms with Crippen LogP contribution in [-0.4, -0.2) is 32.3 Å². The number of amides is 2. The van der Waals surface area contributed by atoms with Crippen molar-refractivity contribution in [3.05, 3.63) is 70.0 Å². The van der Waals surface area contributed by atoms with Crippen LogP contribution in [0.4, 0.5) is 5.69 Å². The zero-order valence-corrected chi connectivity index (χ0v) is 20.0. The van der Waals surface area contributed by atoms with Crippen LogP contribution >= 0.6 is 11.8 Å². The number of nitrogens with one attached hydrogen (secondary N) is 2. The second-order valence-electron chi connectivity index (χ2n) is 7.80. The molecule has 0 spiro atoms. The number of anilines is 1. The topological polar surface area (TPSA) is 88.9 Å². The van der Waals surface area contributed by atoms with Crippen molar-refractivity contribution in [2.24, 2.45) is 0 Å². The molecule has 0 atom stereocenters. The molecule has 32 heavy (non-hydrogen) atoms. The van der Waals surface area contributed by atoms with Gasteiger partial charge in [-0.05, 0) is 57.9 Å².